The molecule has 2 aliphatic rings. The number of hydrogen-bond donors (Lipinski definition) is 4. The zero-order chi connectivity index (χ0) is 38.0. The summed E-state index contributed by atoms with van der Waals surface area (Å²) in [5, 5.41) is 12.5. The minimum Gasteiger partial charge on any atom is -0.342 e. The lowest BCUT2D eigenvalue weighted by Gasteiger charge is -2.42. The summed E-state index contributed by atoms with van der Waals surface area (Å²) in [4.78, 5) is 54.1. The zero-order valence-corrected chi connectivity index (χ0v) is 33.8. The van der Waals surface area contributed by atoms with Crippen molar-refractivity contribution in [1.29, 1.82) is 0 Å². The van der Waals surface area contributed by atoms with Crippen LogP contribution in [-0.2, 0) is 32.0 Å². The van der Waals surface area contributed by atoms with Crippen molar-refractivity contribution >= 4 is 23.6 Å². The molecule has 4 N–H and O–H groups in total. The van der Waals surface area contributed by atoms with Gasteiger partial charge in [0.25, 0.3) is 0 Å². The van der Waals surface area contributed by atoms with Gasteiger partial charge in [-0.15, -0.1) is 0 Å². The fourth-order valence-corrected chi connectivity index (χ4v) is 8.09. The van der Waals surface area contributed by atoms with Gasteiger partial charge in [-0.2, -0.15) is 0 Å². The van der Waals surface area contributed by atoms with Crippen LogP contribution in [0.4, 0.5) is 0 Å². The number of piperazine rings is 2. The lowest BCUT2D eigenvalue weighted by Crippen LogP contribution is -2.71. The highest BCUT2D eigenvalue weighted by molar-refractivity contribution is 6.01. The van der Waals surface area contributed by atoms with Gasteiger partial charge >= 0.3 is 0 Å². The Balaban J connectivity index is 1.69. The Morgan fingerprint density at radius 2 is 0.769 bits per heavy atom. The second kappa shape index (κ2) is 22.3. The van der Waals surface area contributed by atoms with E-state index in [9.17, 15) is 19.2 Å². The number of carbonyl (C=O) groups is 4. The van der Waals surface area contributed by atoms with Crippen LogP contribution in [0.1, 0.15) is 181 Å². The second-order valence-electron chi connectivity index (χ2n) is 16.9. The zero-order valence-electron chi connectivity index (χ0n) is 33.8. The van der Waals surface area contributed by atoms with Crippen LogP contribution >= 0.6 is 0 Å². The van der Waals surface area contributed by atoms with E-state index in [0.717, 1.165) is 49.7 Å². The molecule has 3 rings (SSSR count). The molecule has 0 aromatic heterocycles. The number of benzene rings is 1. The van der Waals surface area contributed by atoms with Gasteiger partial charge in [0.15, 0.2) is 0 Å². The largest absolute Gasteiger partial charge is 0.342 e. The van der Waals surface area contributed by atoms with E-state index < -0.39 is 23.2 Å². The summed E-state index contributed by atoms with van der Waals surface area (Å²) in [7, 11) is 0. The second-order valence-corrected chi connectivity index (χ2v) is 16.9. The molecule has 2 saturated heterocycles. The van der Waals surface area contributed by atoms with Crippen LogP contribution in [0.25, 0.3) is 0 Å². The van der Waals surface area contributed by atoms with E-state index in [1.54, 1.807) is 0 Å². The Kier molecular flexibility index (Phi) is 18.7. The van der Waals surface area contributed by atoms with Crippen LogP contribution in [0.15, 0.2) is 24.3 Å². The summed E-state index contributed by atoms with van der Waals surface area (Å²) in [5.74, 6) is -0.416. The Hall–Kier alpha value is -2.90. The quantitative estimate of drug-likeness (QED) is 0.0717. The van der Waals surface area contributed by atoms with E-state index in [-0.39, 0.29) is 35.5 Å². The van der Waals surface area contributed by atoms with Gasteiger partial charge in [0.1, 0.15) is 23.2 Å². The van der Waals surface area contributed by atoms with Gasteiger partial charge in [-0.25, -0.2) is 0 Å². The first-order chi connectivity index (χ1) is 25.0. The number of carbonyl (C=O) groups excluding carboxylic acids is 4. The van der Waals surface area contributed by atoms with E-state index in [1.807, 2.05) is 52.0 Å². The molecule has 1 aromatic carbocycles. The normalized spacial score (nSPS) is 23.5. The van der Waals surface area contributed by atoms with Gasteiger partial charge in [-0.1, -0.05) is 181 Å². The molecule has 0 spiro atoms. The van der Waals surface area contributed by atoms with Gasteiger partial charge in [0, 0.05) is 12.8 Å². The molecular weight excluding hydrogens is 649 g/mol. The summed E-state index contributed by atoms with van der Waals surface area (Å²) in [6, 6.07) is 7.03. The molecule has 294 valence electrons. The molecule has 4 amide bonds. The SMILES string of the molecule is CCCCCCCCCCC[C@@]1(Cc2ccc(C[C@]3(CCCCCCCCCCC)NC(=O)[C@H](C(C)C)NC3=O)cc2)NC(=O)[C@H](C(C)C)NC1=O. The first-order valence-corrected chi connectivity index (χ1v) is 21.3. The minimum atomic E-state index is -0.995. The van der Waals surface area contributed by atoms with Gasteiger partial charge in [-0.3, -0.25) is 19.2 Å². The number of unbranched alkanes of at least 4 members (excludes halogenated alkanes) is 16. The van der Waals surface area contributed by atoms with E-state index in [2.05, 4.69) is 35.1 Å². The molecule has 0 unspecified atom stereocenters. The number of amides is 4. The highest BCUT2D eigenvalue weighted by Crippen LogP contribution is 2.29. The third kappa shape index (κ3) is 13.2. The summed E-state index contributed by atoms with van der Waals surface area (Å²) < 4.78 is 0. The minimum absolute atomic E-state index is 0.00473. The molecule has 2 aliphatic heterocycles. The standard InChI is InChI=1S/C44H74N4O4/c1-7-9-11-13-15-17-19-21-23-29-43(41(51)45-37(33(3)4)39(49)47-43)31-35-25-27-36(28-26-35)32-44(30-24-22-20-18-16-14-12-10-8-2)42(52)46-38(34(5)6)40(50)48-44/h25-28,33-34,37-38H,7-24,29-32H2,1-6H3,(H,45,51)(H,46,52)(H,47,49)(H,48,50)/t37-,38-,43-,44-/m0/s1. The van der Waals surface area contributed by atoms with Crippen molar-refractivity contribution < 1.29 is 19.2 Å². The maximum atomic E-state index is 13.8. The molecule has 0 bridgehead atoms. The molecule has 8 heteroatoms. The highest BCUT2D eigenvalue weighted by Gasteiger charge is 2.48. The molecule has 4 atom stereocenters. The molecule has 2 heterocycles. The first kappa shape index (κ1) is 43.5. The molecule has 0 saturated carbocycles. The molecule has 2 fully saturated rings. The van der Waals surface area contributed by atoms with Crippen molar-refractivity contribution in [2.45, 2.75) is 206 Å². The van der Waals surface area contributed by atoms with Crippen molar-refractivity contribution in [3.63, 3.8) is 0 Å². The predicted molar refractivity (Wildman–Crippen MR) is 213 cm³/mol. The summed E-state index contributed by atoms with van der Waals surface area (Å²) in [6.45, 7) is 12.3. The Morgan fingerprint density at radius 3 is 1.06 bits per heavy atom. The number of nitrogens with one attached hydrogen (secondary N) is 4. The molecular formula is C44H74N4O4. The summed E-state index contributed by atoms with van der Waals surface area (Å²) in [6.07, 6.45) is 23.4. The monoisotopic (exact) mass is 723 g/mol. The maximum absolute atomic E-state index is 13.8. The van der Waals surface area contributed by atoms with E-state index in [0.29, 0.717) is 25.7 Å². The fourth-order valence-electron chi connectivity index (χ4n) is 8.09. The van der Waals surface area contributed by atoms with Crippen LogP contribution in [0, 0.1) is 11.8 Å². The third-order valence-corrected chi connectivity index (χ3v) is 11.5. The average molecular weight is 723 g/mol. The average Bonchev–Trinajstić information content (AvgIpc) is 3.10. The van der Waals surface area contributed by atoms with Crippen LogP contribution in [0.5, 0.6) is 0 Å². The number of rotatable bonds is 26. The lowest BCUT2D eigenvalue weighted by molar-refractivity contribution is -0.143. The lowest BCUT2D eigenvalue weighted by atomic mass is 9.79. The van der Waals surface area contributed by atoms with Gasteiger partial charge < -0.3 is 21.3 Å². The predicted octanol–water partition coefficient (Wildman–Crippen LogP) is 8.63. The molecule has 0 aliphatic carbocycles. The van der Waals surface area contributed by atoms with Gasteiger partial charge in [0.2, 0.25) is 23.6 Å². The van der Waals surface area contributed by atoms with Crippen molar-refractivity contribution in [3.8, 4) is 0 Å². The van der Waals surface area contributed by atoms with E-state index >= 15 is 0 Å². The van der Waals surface area contributed by atoms with Gasteiger partial charge in [0.05, 0.1) is 0 Å². The molecule has 52 heavy (non-hydrogen) atoms. The smallest absolute Gasteiger partial charge is 0.246 e. The fraction of sp³-hybridized carbons (Fsp3) is 0.773. The molecule has 0 radical (unpaired) electrons. The van der Waals surface area contributed by atoms with Crippen molar-refractivity contribution in [2.24, 2.45) is 11.8 Å². The highest BCUT2D eigenvalue weighted by atomic mass is 16.2. The van der Waals surface area contributed by atoms with Crippen LogP contribution in [0.3, 0.4) is 0 Å². The molecule has 8 nitrogen and oxygen atoms in total. The van der Waals surface area contributed by atoms with Crippen molar-refractivity contribution in [1.82, 2.24) is 21.3 Å². The Bertz CT molecular complexity index is 1150. The Labute approximate surface area is 316 Å². The topological polar surface area (TPSA) is 116 Å². The van der Waals surface area contributed by atoms with Crippen molar-refractivity contribution in [3.05, 3.63) is 35.4 Å². The van der Waals surface area contributed by atoms with Crippen molar-refractivity contribution in [2.75, 3.05) is 0 Å². The van der Waals surface area contributed by atoms with E-state index in [1.165, 1.54) is 77.0 Å². The van der Waals surface area contributed by atoms with Gasteiger partial charge in [-0.05, 0) is 35.8 Å². The Morgan fingerprint density at radius 1 is 0.481 bits per heavy atom. The van der Waals surface area contributed by atoms with Crippen LogP contribution in [0.2, 0.25) is 0 Å². The molecule has 1 aromatic rings. The van der Waals surface area contributed by atoms with Crippen LogP contribution in [-0.4, -0.2) is 46.8 Å². The maximum Gasteiger partial charge on any atom is 0.246 e. The first-order valence-electron chi connectivity index (χ1n) is 21.3. The summed E-state index contributed by atoms with van der Waals surface area (Å²) in [5.41, 5.74) is -0.0668. The summed E-state index contributed by atoms with van der Waals surface area (Å²) >= 11 is 0. The number of hydrogen-bond acceptors (Lipinski definition) is 4. The van der Waals surface area contributed by atoms with Crippen LogP contribution < -0.4 is 21.3 Å². The van der Waals surface area contributed by atoms with E-state index in [4.69, 9.17) is 0 Å². The third-order valence-electron chi connectivity index (χ3n) is 11.5.